The summed E-state index contributed by atoms with van der Waals surface area (Å²) in [5, 5.41) is 0. The molecular formula is C12H15FS. The summed E-state index contributed by atoms with van der Waals surface area (Å²) in [5.74, 6) is 0.380. The maximum Gasteiger partial charge on any atom is 0.123 e. The Bertz CT molecular complexity index is 318. The van der Waals surface area contributed by atoms with Crippen molar-refractivity contribution in [2.24, 2.45) is 0 Å². The zero-order valence-electron chi connectivity index (χ0n) is 8.33. The summed E-state index contributed by atoms with van der Waals surface area (Å²) in [7, 11) is 0. The Hall–Kier alpha value is -0.760. The normalized spacial score (nSPS) is 11.1. The van der Waals surface area contributed by atoms with Gasteiger partial charge in [-0.1, -0.05) is 31.6 Å². The molecule has 0 bridgehead atoms. The molecule has 76 valence electrons. The van der Waals surface area contributed by atoms with Crippen LogP contribution >= 0.6 is 12.6 Å². The lowest BCUT2D eigenvalue weighted by Gasteiger charge is -2.02. The van der Waals surface area contributed by atoms with Crippen LogP contribution in [0.15, 0.2) is 24.3 Å². The molecule has 14 heavy (non-hydrogen) atoms. The third-order valence-electron chi connectivity index (χ3n) is 2.03. The molecule has 0 aliphatic heterocycles. The second-order valence-electron chi connectivity index (χ2n) is 3.19. The predicted octanol–water partition coefficient (Wildman–Crippen LogP) is 4.07. The largest absolute Gasteiger partial charge is 0.207 e. The maximum atomic E-state index is 12.9. The van der Waals surface area contributed by atoms with E-state index in [2.05, 4.69) is 25.6 Å². The molecule has 0 heterocycles. The lowest BCUT2D eigenvalue weighted by molar-refractivity contribution is 0.626. The van der Waals surface area contributed by atoms with Gasteiger partial charge in [-0.05, 0) is 29.7 Å². The number of unbranched alkanes of at least 4 members (excludes halogenated alkanes) is 1. The summed E-state index contributed by atoms with van der Waals surface area (Å²) in [4.78, 5) is 0. The molecular weight excluding hydrogens is 195 g/mol. The average molecular weight is 210 g/mol. The first-order chi connectivity index (χ1) is 6.77. The van der Waals surface area contributed by atoms with Crippen molar-refractivity contribution in [2.75, 3.05) is 0 Å². The van der Waals surface area contributed by atoms with Gasteiger partial charge in [0.05, 0.1) is 0 Å². The van der Waals surface area contributed by atoms with Gasteiger partial charge in [-0.2, -0.15) is 12.6 Å². The minimum absolute atomic E-state index is 0.193. The van der Waals surface area contributed by atoms with Crippen LogP contribution in [0.3, 0.4) is 0 Å². The quantitative estimate of drug-likeness (QED) is 0.712. The van der Waals surface area contributed by atoms with Crippen molar-refractivity contribution >= 4 is 18.7 Å². The van der Waals surface area contributed by atoms with Gasteiger partial charge in [-0.15, -0.1) is 0 Å². The maximum absolute atomic E-state index is 12.9. The van der Waals surface area contributed by atoms with E-state index in [1.807, 2.05) is 6.08 Å². The van der Waals surface area contributed by atoms with Crippen LogP contribution in [0.1, 0.15) is 30.9 Å². The number of halogens is 1. The van der Waals surface area contributed by atoms with Gasteiger partial charge in [0.25, 0.3) is 0 Å². The van der Waals surface area contributed by atoms with Crippen LogP contribution in [0.25, 0.3) is 6.08 Å². The topological polar surface area (TPSA) is 0 Å². The van der Waals surface area contributed by atoms with Crippen molar-refractivity contribution in [1.82, 2.24) is 0 Å². The summed E-state index contributed by atoms with van der Waals surface area (Å²) in [6.45, 7) is 2.13. The van der Waals surface area contributed by atoms with Crippen LogP contribution in [-0.4, -0.2) is 0 Å². The Morgan fingerprint density at radius 1 is 1.43 bits per heavy atom. The molecule has 1 aromatic carbocycles. The molecule has 0 aromatic heterocycles. The lowest BCUT2D eigenvalue weighted by atomic mass is 10.1. The van der Waals surface area contributed by atoms with Crippen LogP contribution in [0.2, 0.25) is 0 Å². The monoisotopic (exact) mass is 210 g/mol. The number of benzene rings is 1. The zero-order chi connectivity index (χ0) is 10.4. The van der Waals surface area contributed by atoms with Crippen molar-refractivity contribution < 1.29 is 4.39 Å². The van der Waals surface area contributed by atoms with E-state index in [1.165, 1.54) is 6.07 Å². The van der Waals surface area contributed by atoms with Gasteiger partial charge in [0.15, 0.2) is 0 Å². The number of allylic oxidation sites excluding steroid dienone is 1. The molecule has 0 radical (unpaired) electrons. The molecule has 0 fully saturated rings. The first kappa shape index (κ1) is 11.3. The van der Waals surface area contributed by atoms with Gasteiger partial charge in [0.1, 0.15) is 5.82 Å². The standard InChI is InChI=1S/C12H15FS/c1-2-3-4-5-10-6-7-12(13)8-11(10)9-14/h4-8,14H,2-3,9H2,1H3/b5-4-. The summed E-state index contributed by atoms with van der Waals surface area (Å²) < 4.78 is 12.9. The third-order valence-corrected chi connectivity index (χ3v) is 2.37. The van der Waals surface area contributed by atoms with Crippen molar-refractivity contribution in [3.05, 3.63) is 41.2 Å². The van der Waals surface area contributed by atoms with Crippen LogP contribution < -0.4 is 0 Å². The molecule has 0 amide bonds. The van der Waals surface area contributed by atoms with Gasteiger partial charge in [-0.25, -0.2) is 4.39 Å². The predicted molar refractivity (Wildman–Crippen MR) is 63.0 cm³/mol. The van der Waals surface area contributed by atoms with E-state index in [0.29, 0.717) is 5.75 Å². The highest BCUT2D eigenvalue weighted by atomic mass is 32.1. The van der Waals surface area contributed by atoms with Gasteiger partial charge >= 0.3 is 0 Å². The summed E-state index contributed by atoms with van der Waals surface area (Å²) in [6.07, 6.45) is 6.34. The highest BCUT2D eigenvalue weighted by molar-refractivity contribution is 7.79. The smallest absolute Gasteiger partial charge is 0.123 e. The molecule has 1 aromatic rings. The number of thiol groups is 1. The molecule has 1 rings (SSSR count). The first-order valence-corrected chi connectivity index (χ1v) is 5.47. The van der Waals surface area contributed by atoms with E-state index in [0.717, 1.165) is 24.0 Å². The SMILES string of the molecule is CCC/C=C\c1ccc(F)cc1CS. The average Bonchev–Trinajstić information content (AvgIpc) is 2.20. The van der Waals surface area contributed by atoms with Crippen LogP contribution in [-0.2, 0) is 5.75 Å². The highest BCUT2D eigenvalue weighted by Gasteiger charge is 1.98. The molecule has 0 nitrogen and oxygen atoms in total. The van der Waals surface area contributed by atoms with Crippen molar-refractivity contribution in [2.45, 2.75) is 25.5 Å². The Labute approximate surface area is 90.3 Å². The molecule has 0 saturated carbocycles. The van der Waals surface area contributed by atoms with Crippen LogP contribution in [0.5, 0.6) is 0 Å². The lowest BCUT2D eigenvalue weighted by Crippen LogP contribution is -1.86. The highest BCUT2D eigenvalue weighted by Crippen LogP contribution is 2.15. The minimum atomic E-state index is -0.193. The van der Waals surface area contributed by atoms with Crippen LogP contribution in [0.4, 0.5) is 4.39 Å². The number of rotatable bonds is 4. The fraction of sp³-hybridized carbons (Fsp3) is 0.333. The summed E-state index contributed by atoms with van der Waals surface area (Å²) in [5.41, 5.74) is 2.01. The second kappa shape index (κ2) is 5.86. The number of hydrogen-bond donors (Lipinski definition) is 1. The van der Waals surface area contributed by atoms with E-state index >= 15 is 0 Å². The van der Waals surface area contributed by atoms with Crippen molar-refractivity contribution in [1.29, 1.82) is 0 Å². The van der Waals surface area contributed by atoms with Gasteiger partial charge in [0.2, 0.25) is 0 Å². The fourth-order valence-electron chi connectivity index (χ4n) is 1.25. The molecule has 0 N–H and O–H groups in total. The Kier molecular flexibility index (Phi) is 4.74. The van der Waals surface area contributed by atoms with Crippen LogP contribution in [0, 0.1) is 5.82 Å². The first-order valence-electron chi connectivity index (χ1n) is 4.83. The van der Waals surface area contributed by atoms with E-state index in [-0.39, 0.29) is 5.82 Å². The van der Waals surface area contributed by atoms with E-state index in [9.17, 15) is 4.39 Å². The molecule has 0 aliphatic rings. The fourth-order valence-corrected chi connectivity index (χ4v) is 1.52. The second-order valence-corrected chi connectivity index (χ2v) is 3.51. The minimum Gasteiger partial charge on any atom is -0.207 e. The Morgan fingerprint density at radius 2 is 2.21 bits per heavy atom. The molecule has 0 aliphatic carbocycles. The number of hydrogen-bond acceptors (Lipinski definition) is 1. The van der Waals surface area contributed by atoms with E-state index in [4.69, 9.17) is 0 Å². The third kappa shape index (κ3) is 3.18. The van der Waals surface area contributed by atoms with Gasteiger partial charge in [0, 0.05) is 5.75 Å². The zero-order valence-corrected chi connectivity index (χ0v) is 9.23. The molecule has 0 unspecified atom stereocenters. The van der Waals surface area contributed by atoms with E-state index < -0.39 is 0 Å². The molecule has 0 saturated heterocycles. The van der Waals surface area contributed by atoms with Gasteiger partial charge < -0.3 is 0 Å². The van der Waals surface area contributed by atoms with Crippen molar-refractivity contribution in [3.8, 4) is 0 Å². The molecule has 0 atom stereocenters. The summed E-state index contributed by atoms with van der Waals surface area (Å²) in [6, 6.07) is 4.82. The molecule has 2 heteroatoms. The summed E-state index contributed by atoms with van der Waals surface area (Å²) >= 11 is 4.17. The Balaban J connectivity index is 2.85. The van der Waals surface area contributed by atoms with E-state index in [1.54, 1.807) is 12.1 Å². The van der Waals surface area contributed by atoms with Crippen molar-refractivity contribution in [3.63, 3.8) is 0 Å². The van der Waals surface area contributed by atoms with Gasteiger partial charge in [-0.3, -0.25) is 0 Å². The molecule has 0 spiro atoms. The Morgan fingerprint density at radius 3 is 2.86 bits per heavy atom.